The highest BCUT2D eigenvalue weighted by molar-refractivity contribution is 7.82. The van der Waals surface area contributed by atoms with Crippen LogP contribution in [0.5, 0.6) is 5.75 Å². The van der Waals surface area contributed by atoms with Crippen LogP contribution in [0.3, 0.4) is 0 Å². The Labute approximate surface area is 214 Å². The normalized spacial score (nSPS) is 14.2. The lowest BCUT2D eigenvalue weighted by Crippen LogP contribution is -2.47. The maximum Gasteiger partial charge on any atom is 0.336 e. The zero-order valence-corrected chi connectivity index (χ0v) is 21.2. The van der Waals surface area contributed by atoms with Crippen molar-refractivity contribution in [3.8, 4) is 5.75 Å². The Morgan fingerprint density at radius 1 is 1.17 bits per heavy atom. The molecule has 11 nitrogen and oxygen atoms in total. The smallest absolute Gasteiger partial charge is 0.336 e. The van der Waals surface area contributed by atoms with E-state index in [2.05, 4.69) is 33.0 Å². The van der Waals surface area contributed by atoms with Gasteiger partial charge in [-0.05, 0) is 51.2 Å². The van der Waals surface area contributed by atoms with Crippen LogP contribution in [0.15, 0.2) is 36.4 Å². The average molecular weight is 512 g/mol. The number of ether oxygens (including phenoxy) is 1. The van der Waals surface area contributed by atoms with E-state index in [4.69, 9.17) is 10.5 Å². The number of para-hydroxylation sites is 1. The molecule has 0 aliphatic carbocycles. The van der Waals surface area contributed by atoms with Gasteiger partial charge in [0.2, 0.25) is 5.91 Å². The van der Waals surface area contributed by atoms with Gasteiger partial charge in [-0.15, -0.1) is 0 Å². The quantitative estimate of drug-likeness (QED) is 0.376. The van der Waals surface area contributed by atoms with Crippen molar-refractivity contribution in [2.75, 3.05) is 42.8 Å². The van der Waals surface area contributed by atoms with Gasteiger partial charge in [0.05, 0.1) is 23.0 Å². The van der Waals surface area contributed by atoms with E-state index in [1.54, 1.807) is 29.2 Å². The van der Waals surface area contributed by atoms with E-state index in [1.807, 2.05) is 20.9 Å². The summed E-state index contributed by atoms with van der Waals surface area (Å²) in [7, 11) is 2.02. The number of benzene rings is 2. The molecule has 0 unspecified atom stereocenters. The third kappa shape index (κ3) is 5.39. The van der Waals surface area contributed by atoms with Crippen molar-refractivity contribution in [1.82, 2.24) is 19.8 Å². The van der Waals surface area contributed by atoms with E-state index >= 15 is 0 Å². The number of amides is 4. The molecule has 3 aromatic rings. The van der Waals surface area contributed by atoms with E-state index in [9.17, 15) is 14.4 Å². The summed E-state index contributed by atoms with van der Waals surface area (Å²) in [5.41, 5.74) is 7.31. The number of carbonyl (C=O) groups is 3. The lowest BCUT2D eigenvalue weighted by atomic mass is 10.1. The first kappa shape index (κ1) is 25.3. The van der Waals surface area contributed by atoms with Crippen molar-refractivity contribution >= 4 is 53.1 Å². The largest absolute Gasteiger partial charge is 0.489 e. The maximum atomic E-state index is 13.1. The van der Waals surface area contributed by atoms with Gasteiger partial charge >= 0.3 is 6.03 Å². The van der Waals surface area contributed by atoms with Crippen LogP contribution in [0.2, 0.25) is 0 Å². The maximum absolute atomic E-state index is 13.1. The molecule has 0 atom stereocenters. The van der Waals surface area contributed by atoms with Crippen LogP contribution in [0.1, 0.15) is 34.8 Å². The molecule has 12 heteroatoms. The Kier molecular flexibility index (Phi) is 7.36. The van der Waals surface area contributed by atoms with Gasteiger partial charge in [0.25, 0.3) is 5.91 Å². The van der Waals surface area contributed by atoms with Crippen molar-refractivity contribution in [2.45, 2.75) is 20.0 Å². The Morgan fingerprint density at radius 3 is 2.56 bits per heavy atom. The van der Waals surface area contributed by atoms with E-state index in [-0.39, 0.29) is 29.1 Å². The van der Waals surface area contributed by atoms with Crippen molar-refractivity contribution in [1.29, 1.82) is 0 Å². The zero-order chi connectivity index (χ0) is 26.0. The molecule has 1 fully saturated rings. The van der Waals surface area contributed by atoms with Crippen molar-refractivity contribution in [2.24, 2.45) is 5.73 Å². The number of rotatable bonds is 6. The minimum Gasteiger partial charge on any atom is -0.489 e. The topological polar surface area (TPSA) is 137 Å². The van der Waals surface area contributed by atoms with Gasteiger partial charge in [-0.25, -0.2) is 14.1 Å². The highest BCUT2D eigenvalue weighted by Crippen LogP contribution is 2.33. The number of nitrogens with zero attached hydrogens (tertiary/aromatic N) is 4. The number of fused-ring (bicyclic) bond motifs is 1. The summed E-state index contributed by atoms with van der Waals surface area (Å²) in [6.07, 6.45) is -0.179. The Balaban J connectivity index is 1.58. The molecule has 36 heavy (non-hydrogen) atoms. The molecule has 2 heterocycles. The molecule has 0 saturated carbocycles. The molecule has 4 N–H and O–H groups in total. The predicted molar refractivity (Wildman–Crippen MR) is 141 cm³/mol. The Morgan fingerprint density at radius 2 is 1.89 bits per heavy atom. The van der Waals surface area contributed by atoms with Crippen LogP contribution < -0.4 is 20.1 Å². The number of piperazine rings is 1. The minimum atomic E-state index is -0.645. The number of aromatic nitrogens is 2. The van der Waals surface area contributed by atoms with E-state index in [0.717, 1.165) is 17.4 Å². The summed E-state index contributed by atoms with van der Waals surface area (Å²) in [6, 6.07) is 9.11. The van der Waals surface area contributed by atoms with Crippen LogP contribution in [0, 0.1) is 0 Å². The van der Waals surface area contributed by atoms with Gasteiger partial charge in [0, 0.05) is 31.7 Å². The van der Waals surface area contributed by atoms with Crippen LogP contribution >= 0.6 is 12.8 Å². The first-order valence-electron chi connectivity index (χ1n) is 11.5. The van der Waals surface area contributed by atoms with Crippen LogP contribution in [0.25, 0.3) is 11.0 Å². The number of likely N-dealkylation sites (N-methyl/N-ethyl adjacent to an activating group) is 1. The number of aromatic amines is 1. The molecule has 0 radical (unpaired) electrons. The summed E-state index contributed by atoms with van der Waals surface area (Å²) in [5, 5.41) is 2.77. The van der Waals surface area contributed by atoms with Gasteiger partial charge in [-0.1, -0.05) is 18.9 Å². The third-order valence-corrected chi connectivity index (χ3v) is 6.17. The van der Waals surface area contributed by atoms with Gasteiger partial charge in [0.1, 0.15) is 11.3 Å². The predicted octanol–water partition coefficient (Wildman–Crippen LogP) is 2.72. The van der Waals surface area contributed by atoms with Crippen molar-refractivity contribution in [3.05, 3.63) is 47.8 Å². The molecular weight excluding hydrogens is 482 g/mol. The molecule has 0 spiro atoms. The second-order valence-electron chi connectivity index (χ2n) is 8.84. The van der Waals surface area contributed by atoms with Crippen molar-refractivity contribution in [3.63, 3.8) is 0 Å². The molecule has 4 rings (SSSR count). The lowest BCUT2D eigenvalue weighted by Gasteiger charge is -2.31. The van der Waals surface area contributed by atoms with Crippen molar-refractivity contribution < 1.29 is 19.1 Å². The number of hydrogen-bond donors (Lipinski definition) is 4. The standard InChI is InChI=1S/C24H29N7O4S/c1-14(2)35-19-8-7-15(21(25)32)13-18(19)31(36)24(34)27-17-6-4-5-16-20(17)28-22(26-16)23(33)30-11-9-29(3)10-12-30/h4-8,13-14,36H,9-12H2,1-3H3,(H2,25,32)(H,26,28)(H,27,34). The number of primary amides is 1. The van der Waals surface area contributed by atoms with E-state index in [0.29, 0.717) is 35.6 Å². The van der Waals surface area contributed by atoms with E-state index < -0.39 is 11.9 Å². The first-order chi connectivity index (χ1) is 17.1. The summed E-state index contributed by atoms with van der Waals surface area (Å²) in [5.74, 6) is -0.265. The molecule has 1 saturated heterocycles. The number of hydrogen-bond acceptors (Lipinski definition) is 7. The molecule has 0 bridgehead atoms. The number of anilines is 2. The monoisotopic (exact) mass is 511 g/mol. The second-order valence-corrected chi connectivity index (χ2v) is 9.24. The number of H-pyrrole nitrogens is 1. The van der Waals surface area contributed by atoms with Gasteiger partial charge in [0.15, 0.2) is 5.82 Å². The van der Waals surface area contributed by atoms with Gasteiger partial charge in [-0.3, -0.25) is 9.59 Å². The second kappa shape index (κ2) is 10.5. The number of carbonyl (C=O) groups excluding carboxylic acids is 3. The summed E-state index contributed by atoms with van der Waals surface area (Å²) < 4.78 is 6.81. The number of imidazole rings is 1. The SMILES string of the molecule is CC(C)Oc1ccc(C(N)=O)cc1N(S)C(=O)Nc1cccc2[nH]c(C(=O)N3CCN(C)CC3)nc12. The van der Waals surface area contributed by atoms with Crippen LogP contribution in [-0.4, -0.2) is 76.9 Å². The molecule has 1 aliphatic rings. The average Bonchev–Trinajstić information content (AvgIpc) is 3.29. The summed E-state index contributed by atoms with van der Waals surface area (Å²) >= 11 is 4.36. The lowest BCUT2D eigenvalue weighted by molar-refractivity contribution is 0.0653. The first-order valence-corrected chi connectivity index (χ1v) is 11.9. The number of nitrogens with one attached hydrogen (secondary N) is 2. The fourth-order valence-electron chi connectivity index (χ4n) is 3.86. The fourth-order valence-corrected chi connectivity index (χ4v) is 4.07. The summed E-state index contributed by atoms with van der Waals surface area (Å²) in [6.45, 7) is 6.52. The fraction of sp³-hybridized carbons (Fsp3) is 0.333. The van der Waals surface area contributed by atoms with Gasteiger partial charge < -0.3 is 30.6 Å². The third-order valence-electron chi connectivity index (χ3n) is 5.77. The number of urea groups is 1. The molecular formula is C24H29N7O4S. The number of thiol groups is 1. The summed E-state index contributed by atoms with van der Waals surface area (Å²) in [4.78, 5) is 49.3. The Bertz CT molecular complexity index is 1300. The van der Waals surface area contributed by atoms with Crippen LogP contribution in [-0.2, 0) is 0 Å². The highest BCUT2D eigenvalue weighted by atomic mass is 32.1. The minimum absolute atomic E-state index is 0.179. The molecule has 1 aliphatic heterocycles. The Hall–Kier alpha value is -3.77. The zero-order valence-electron chi connectivity index (χ0n) is 20.3. The highest BCUT2D eigenvalue weighted by Gasteiger charge is 2.25. The van der Waals surface area contributed by atoms with Crippen LogP contribution in [0.4, 0.5) is 16.2 Å². The molecule has 2 aromatic carbocycles. The van der Waals surface area contributed by atoms with E-state index in [1.165, 1.54) is 12.1 Å². The molecule has 1 aromatic heterocycles. The number of nitrogens with two attached hydrogens (primary N) is 1. The van der Waals surface area contributed by atoms with Gasteiger partial charge in [-0.2, -0.15) is 0 Å². The molecule has 4 amide bonds. The molecule has 190 valence electrons.